The van der Waals surface area contributed by atoms with Crippen LogP contribution in [0.4, 0.5) is 0 Å². The van der Waals surface area contributed by atoms with Gasteiger partial charge in [-0.3, -0.25) is 9.59 Å². The first-order valence-corrected chi connectivity index (χ1v) is 9.33. The molecular formula is C21H28N2O2. The summed E-state index contributed by atoms with van der Waals surface area (Å²) in [6, 6.07) is 8.44. The first-order chi connectivity index (χ1) is 11.9. The van der Waals surface area contributed by atoms with Crippen LogP contribution in [-0.2, 0) is 11.3 Å². The largest absolute Gasteiger partial charge is 0.337 e. The van der Waals surface area contributed by atoms with Gasteiger partial charge in [-0.1, -0.05) is 32.0 Å². The lowest BCUT2D eigenvalue weighted by Gasteiger charge is -2.39. The standard InChI is InChI=1S/C21H28N2O2/c1-14(2)21(25)18-12-22(19-11-6-5-10-17(18)19)13-20(24)23-15(3)8-7-9-16(23)4/h5-6,10-12,14-16H,7-9,13H2,1-4H3/t15-,16+. The summed E-state index contributed by atoms with van der Waals surface area (Å²) in [5, 5.41) is 0.939. The zero-order chi connectivity index (χ0) is 18.1. The average molecular weight is 340 g/mol. The minimum atomic E-state index is -0.0582. The Balaban J connectivity index is 1.94. The molecule has 0 radical (unpaired) electrons. The highest BCUT2D eigenvalue weighted by Crippen LogP contribution is 2.26. The third-order valence-electron chi connectivity index (χ3n) is 5.37. The second-order valence-electron chi connectivity index (χ2n) is 7.64. The second-order valence-corrected chi connectivity index (χ2v) is 7.64. The van der Waals surface area contributed by atoms with Gasteiger partial charge in [0.25, 0.3) is 0 Å². The number of amides is 1. The highest BCUT2D eigenvalue weighted by atomic mass is 16.2. The molecule has 1 aromatic heterocycles. The van der Waals surface area contributed by atoms with E-state index < -0.39 is 0 Å². The topological polar surface area (TPSA) is 42.3 Å². The molecule has 1 aliphatic heterocycles. The number of piperidine rings is 1. The van der Waals surface area contributed by atoms with Crippen LogP contribution in [0.15, 0.2) is 30.5 Å². The monoisotopic (exact) mass is 340 g/mol. The Hall–Kier alpha value is -2.10. The fourth-order valence-corrected chi connectivity index (χ4v) is 4.03. The van der Waals surface area contributed by atoms with E-state index in [0.29, 0.717) is 6.54 Å². The summed E-state index contributed by atoms with van der Waals surface area (Å²) in [7, 11) is 0. The maximum absolute atomic E-state index is 13.0. The van der Waals surface area contributed by atoms with Gasteiger partial charge in [0, 0.05) is 40.7 Å². The molecule has 4 heteroatoms. The molecule has 25 heavy (non-hydrogen) atoms. The smallest absolute Gasteiger partial charge is 0.242 e. The number of nitrogens with zero attached hydrogens (tertiary/aromatic N) is 2. The Morgan fingerprint density at radius 1 is 1.12 bits per heavy atom. The molecule has 0 saturated carbocycles. The summed E-state index contributed by atoms with van der Waals surface area (Å²) >= 11 is 0. The van der Waals surface area contributed by atoms with Gasteiger partial charge in [-0.2, -0.15) is 0 Å². The molecule has 0 spiro atoms. The molecule has 2 atom stereocenters. The number of aromatic nitrogens is 1. The number of carbonyl (C=O) groups excluding carboxylic acids is 2. The van der Waals surface area contributed by atoms with Crippen LogP contribution in [0.25, 0.3) is 10.9 Å². The summed E-state index contributed by atoms with van der Waals surface area (Å²) in [6.45, 7) is 8.39. The zero-order valence-electron chi connectivity index (χ0n) is 15.7. The summed E-state index contributed by atoms with van der Waals surface area (Å²) in [5.74, 6) is 0.211. The number of benzene rings is 1. The second kappa shape index (κ2) is 7.03. The summed E-state index contributed by atoms with van der Waals surface area (Å²) in [4.78, 5) is 27.5. The average Bonchev–Trinajstić information content (AvgIpc) is 2.92. The number of hydrogen-bond donors (Lipinski definition) is 0. The van der Waals surface area contributed by atoms with E-state index in [9.17, 15) is 9.59 Å². The minimum absolute atomic E-state index is 0.0582. The van der Waals surface area contributed by atoms with E-state index in [1.165, 1.54) is 6.42 Å². The van der Waals surface area contributed by atoms with E-state index in [0.717, 1.165) is 29.3 Å². The molecule has 4 nitrogen and oxygen atoms in total. The van der Waals surface area contributed by atoms with Crippen molar-refractivity contribution in [2.75, 3.05) is 0 Å². The van der Waals surface area contributed by atoms with Gasteiger partial charge in [-0.05, 0) is 39.2 Å². The van der Waals surface area contributed by atoms with Crippen molar-refractivity contribution in [1.29, 1.82) is 0 Å². The van der Waals surface area contributed by atoms with Crippen molar-refractivity contribution in [1.82, 2.24) is 9.47 Å². The molecule has 0 unspecified atom stereocenters. The fraction of sp³-hybridized carbons (Fsp3) is 0.524. The predicted molar refractivity (Wildman–Crippen MR) is 101 cm³/mol. The van der Waals surface area contributed by atoms with Crippen LogP contribution >= 0.6 is 0 Å². The van der Waals surface area contributed by atoms with Crippen LogP contribution in [-0.4, -0.2) is 33.2 Å². The third-order valence-corrected chi connectivity index (χ3v) is 5.37. The SMILES string of the molecule is CC(C)C(=O)c1cn(CC(=O)N2[C@H](C)CCC[C@@H]2C)c2ccccc12. The number of likely N-dealkylation sites (tertiary alicyclic amines) is 1. The zero-order valence-corrected chi connectivity index (χ0v) is 15.7. The molecule has 1 saturated heterocycles. The van der Waals surface area contributed by atoms with Crippen molar-refractivity contribution in [3.63, 3.8) is 0 Å². The molecule has 2 aromatic rings. The van der Waals surface area contributed by atoms with E-state index >= 15 is 0 Å². The van der Waals surface area contributed by atoms with Gasteiger partial charge in [0.15, 0.2) is 5.78 Å². The fourth-order valence-electron chi connectivity index (χ4n) is 4.03. The maximum atomic E-state index is 13.0. The number of fused-ring (bicyclic) bond motifs is 1. The Labute approximate surface area is 149 Å². The van der Waals surface area contributed by atoms with Gasteiger partial charge >= 0.3 is 0 Å². The Morgan fingerprint density at radius 3 is 2.40 bits per heavy atom. The molecule has 0 aliphatic carbocycles. The molecule has 134 valence electrons. The Morgan fingerprint density at radius 2 is 1.76 bits per heavy atom. The van der Waals surface area contributed by atoms with E-state index in [1.807, 2.05) is 53.8 Å². The van der Waals surface area contributed by atoms with Crippen molar-refractivity contribution in [2.45, 2.75) is 65.6 Å². The van der Waals surface area contributed by atoms with Crippen molar-refractivity contribution in [2.24, 2.45) is 5.92 Å². The van der Waals surface area contributed by atoms with Gasteiger partial charge in [0.05, 0.1) is 0 Å². The minimum Gasteiger partial charge on any atom is -0.337 e. The van der Waals surface area contributed by atoms with Gasteiger partial charge < -0.3 is 9.47 Å². The normalized spacial score (nSPS) is 21.1. The van der Waals surface area contributed by atoms with Gasteiger partial charge in [-0.15, -0.1) is 0 Å². The maximum Gasteiger partial charge on any atom is 0.242 e. The van der Waals surface area contributed by atoms with Crippen LogP contribution < -0.4 is 0 Å². The van der Waals surface area contributed by atoms with E-state index in [1.54, 1.807) is 0 Å². The molecule has 1 fully saturated rings. The first-order valence-electron chi connectivity index (χ1n) is 9.33. The van der Waals surface area contributed by atoms with Crippen LogP contribution in [0.2, 0.25) is 0 Å². The lowest BCUT2D eigenvalue weighted by atomic mass is 9.97. The summed E-state index contributed by atoms with van der Waals surface area (Å²) in [5.41, 5.74) is 1.68. The van der Waals surface area contributed by atoms with Crippen LogP contribution in [0.1, 0.15) is 57.3 Å². The summed E-state index contributed by atoms with van der Waals surface area (Å²) in [6.07, 6.45) is 5.19. The predicted octanol–water partition coefficient (Wildman–Crippen LogP) is 4.27. The van der Waals surface area contributed by atoms with Crippen molar-refractivity contribution >= 4 is 22.6 Å². The van der Waals surface area contributed by atoms with Crippen LogP contribution in [0, 0.1) is 5.92 Å². The first kappa shape index (κ1) is 17.7. The highest BCUT2D eigenvalue weighted by molar-refractivity contribution is 6.09. The molecule has 1 aromatic carbocycles. The molecule has 0 bridgehead atoms. The number of rotatable bonds is 4. The van der Waals surface area contributed by atoms with Crippen LogP contribution in [0.5, 0.6) is 0 Å². The Kier molecular flexibility index (Phi) is 4.98. The number of carbonyl (C=O) groups is 2. The van der Waals surface area contributed by atoms with Gasteiger partial charge in [0.2, 0.25) is 5.91 Å². The number of Topliss-reactive ketones (excluding diaryl/α,β-unsaturated/α-hetero) is 1. The highest BCUT2D eigenvalue weighted by Gasteiger charge is 2.29. The third kappa shape index (κ3) is 3.35. The quantitative estimate of drug-likeness (QED) is 0.780. The molecule has 0 N–H and O–H groups in total. The molecule has 2 heterocycles. The van der Waals surface area contributed by atoms with Crippen molar-refractivity contribution in [3.05, 3.63) is 36.0 Å². The molecule has 1 amide bonds. The van der Waals surface area contributed by atoms with E-state index in [-0.39, 0.29) is 29.7 Å². The van der Waals surface area contributed by atoms with Crippen LogP contribution in [0.3, 0.4) is 0 Å². The number of hydrogen-bond acceptors (Lipinski definition) is 2. The molecular weight excluding hydrogens is 312 g/mol. The molecule has 1 aliphatic rings. The van der Waals surface area contributed by atoms with E-state index in [4.69, 9.17) is 0 Å². The van der Waals surface area contributed by atoms with Crippen molar-refractivity contribution in [3.8, 4) is 0 Å². The lowest BCUT2D eigenvalue weighted by molar-refractivity contribution is -0.137. The Bertz CT molecular complexity index is 780. The van der Waals surface area contributed by atoms with Gasteiger partial charge in [0.1, 0.15) is 6.54 Å². The summed E-state index contributed by atoms with van der Waals surface area (Å²) < 4.78 is 1.95. The number of ketones is 1. The lowest BCUT2D eigenvalue weighted by Crippen LogP contribution is -2.48. The number of para-hydroxylation sites is 1. The van der Waals surface area contributed by atoms with E-state index in [2.05, 4.69) is 13.8 Å². The van der Waals surface area contributed by atoms with Gasteiger partial charge in [-0.25, -0.2) is 0 Å². The molecule has 3 rings (SSSR count). The van der Waals surface area contributed by atoms with Crippen molar-refractivity contribution < 1.29 is 9.59 Å².